The van der Waals surface area contributed by atoms with Gasteiger partial charge in [0.2, 0.25) is 0 Å². The van der Waals surface area contributed by atoms with Gasteiger partial charge in [-0.05, 0) is 44.5 Å². The van der Waals surface area contributed by atoms with Crippen molar-refractivity contribution in [1.29, 1.82) is 0 Å². The molecule has 0 unspecified atom stereocenters. The van der Waals surface area contributed by atoms with Gasteiger partial charge in [-0.1, -0.05) is 11.8 Å². The summed E-state index contributed by atoms with van der Waals surface area (Å²) in [5.41, 5.74) is 5.25. The molecule has 0 fully saturated rings. The summed E-state index contributed by atoms with van der Waals surface area (Å²) in [6.07, 6.45) is 0. The van der Waals surface area contributed by atoms with Gasteiger partial charge in [0.15, 0.2) is 16.7 Å². The van der Waals surface area contributed by atoms with Crippen LogP contribution in [0.3, 0.4) is 0 Å². The van der Waals surface area contributed by atoms with Gasteiger partial charge < -0.3 is 9.47 Å². The molecular formula is C19H21N3O2S2. The molecule has 0 bridgehead atoms. The van der Waals surface area contributed by atoms with Crippen LogP contribution in [0.25, 0.3) is 10.6 Å². The van der Waals surface area contributed by atoms with E-state index in [4.69, 9.17) is 14.5 Å². The predicted octanol–water partition coefficient (Wildman–Crippen LogP) is 4.83. The van der Waals surface area contributed by atoms with Crippen molar-refractivity contribution in [2.45, 2.75) is 31.7 Å². The summed E-state index contributed by atoms with van der Waals surface area (Å²) >= 11 is 3.23. The number of hydrogen-bond donors (Lipinski definition) is 0. The Morgan fingerprint density at radius 2 is 1.65 bits per heavy atom. The quantitative estimate of drug-likeness (QED) is 0.446. The van der Waals surface area contributed by atoms with Gasteiger partial charge in [-0.15, -0.1) is 11.3 Å². The highest BCUT2D eigenvalue weighted by Gasteiger charge is 2.11. The topological polar surface area (TPSA) is 57.1 Å². The monoisotopic (exact) mass is 387 g/mol. The second-order valence-corrected chi connectivity index (χ2v) is 7.61. The molecule has 136 valence electrons. The van der Waals surface area contributed by atoms with Crippen LogP contribution >= 0.6 is 23.1 Å². The van der Waals surface area contributed by atoms with Crippen molar-refractivity contribution in [2.75, 3.05) is 14.2 Å². The maximum absolute atomic E-state index is 5.37. The average Bonchev–Trinajstić information content (AvgIpc) is 3.12. The highest BCUT2D eigenvalue weighted by molar-refractivity contribution is 7.98. The molecule has 0 spiro atoms. The predicted molar refractivity (Wildman–Crippen MR) is 106 cm³/mol. The van der Waals surface area contributed by atoms with Gasteiger partial charge in [0, 0.05) is 28.1 Å². The van der Waals surface area contributed by atoms with Gasteiger partial charge in [-0.2, -0.15) is 0 Å². The number of benzene rings is 1. The average molecular weight is 388 g/mol. The summed E-state index contributed by atoms with van der Waals surface area (Å²) in [7, 11) is 3.27. The molecule has 3 rings (SSSR count). The molecule has 0 aliphatic rings. The second-order valence-electron chi connectivity index (χ2n) is 5.80. The van der Waals surface area contributed by atoms with Crippen LogP contribution in [-0.2, 0) is 5.75 Å². The van der Waals surface area contributed by atoms with E-state index in [-0.39, 0.29) is 0 Å². The molecule has 0 radical (unpaired) electrons. The first kappa shape index (κ1) is 18.7. The Bertz CT molecular complexity index is 902. The Kier molecular flexibility index (Phi) is 5.78. The zero-order chi connectivity index (χ0) is 18.7. The molecule has 2 heterocycles. The molecule has 1 aromatic carbocycles. The highest BCUT2D eigenvalue weighted by Crippen LogP contribution is 2.34. The molecule has 0 saturated heterocycles. The second kappa shape index (κ2) is 8.05. The van der Waals surface area contributed by atoms with Crippen molar-refractivity contribution in [2.24, 2.45) is 0 Å². The first-order valence-corrected chi connectivity index (χ1v) is 9.99. The number of nitrogens with zero attached hydrogens (tertiary/aromatic N) is 3. The van der Waals surface area contributed by atoms with Crippen molar-refractivity contribution in [3.8, 4) is 22.1 Å². The number of rotatable bonds is 6. The summed E-state index contributed by atoms with van der Waals surface area (Å²) in [4.78, 5) is 13.8. The minimum atomic E-state index is 0.704. The lowest BCUT2D eigenvalue weighted by Crippen LogP contribution is -1.98. The molecule has 2 aromatic heterocycles. The molecule has 26 heavy (non-hydrogen) atoms. The zero-order valence-corrected chi connectivity index (χ0v) is 17.1. The van der Waals surface area contributed by atoms with Crippen LogP contribution in [-0.4, -0.2) is 29.2 Å². The van der Waals surface area contributed by atoms with Crippen molar-refractivity contribution < 1.29 is 9.47 Å². The van der Waals surface area contributed by atoms with E-state index in [1.165, 1.54) is 0 Å². The van der Waals surface area contributed by atoms with Gasteiger partial charge in [-0.3, -0.25) is 0 Å². The van der Waals surface area contributed by atoms with Crippen LogP contribution in [0, 0.1) is 20.8 Å². The van der Waals surface area contributed by atoms with Crippen LogP contribution in [0.1, 0.15) is 22.6 Å². The Morgan fingerprint density at radius 3 is 2.31 bits per heavy atom. The SMILES string of the molecule is COc1ccc(-c2nc(CSc3nc(C)c(C)c(C)n3)cs2)cc1OC. The van der Waals surface area contributed by atoms with Crippen LogP contribution in [0.4, 0.5) is 0 Å². The van der Waals surface area contributed by atoms with Crippen molar-refractivity contribution >= 4 is 23.1 Å². The minimum absolute atomic E-state index is 0.704. The minimum Gasteiger partial charge on any atom is -0.493 e. The van der Waals surface area contributed by atoms with Crippen molar-refractivity contribution in [3.05, 3.63) is 46.2 Å². The van der Waals surface area contributed by atoms with E-state index in [1.807, 2.05) is 32.0 Å². The third-order valence-corrected chi connectivity index (χ3v) is 5.96. The van der Waals surface area contributed by atoms with Crippen LogP contribution in [0.2, 0.25) is 0 Å². The van der Waals surface area contributed by atoms with Gasteiger partial charge in [0.25, 0.3) is 0 Å². The third kappa shape index (κ3) is 3.99. The maximum atomic E-state index is 5.37. The normalized spacial score (nSPS) is 10.8. The van der Waals surface area contributed by atoms with E-state index in [1.54, 1.807) is 37.3 Å². The molecule has 0 aliphatic heterocycles. The maximum Gasteiger partial charge on any atom is 0.188 e. The lowest BCUT2D eigenvalue weighted by Gasteiger charge is -2.08. The van der Waals surface area contributed by atoms with E-state index < -0.39 is 0 Å². The van der Waals surface area contributed by atoms with Gasteiger partial charge >= 0.3 is 0 Å². The Morgan fingerprint density at radius 1 is 0.962 bits per heavy atom. The zero-order valence-electron chi connectivity index (χ0n) is 15.5. The number of thioether (sulfide) groups is 1. The number of hydrogen-bond acceptors (Lipinski definition) is 7. The smallest absolute Gasteiger partial charge is 0.188 e. The summed E-state index contributed by atoms with van der Waals surface area (Å²) < 4.78 is 10.7. The lowest BCUT2D eigenvalue weighted by atomic mass is 10.2. The number of methoxy groups -OCH3 is 2. The molecular weight excluding hydrogens is 366 g/mol. The van der Waals surface area contributed by atoms with Crippen LogP contribution < -0.4 is 9.47 Å². The largest absolute Gasteiger partial charge is 0.493 e. The fraction of sp³-hybridized carbons (Fsp3) is 0.316. The Labute approximate surface area is 161 Å². The summed E-state index contributed by atoms with van der Waals surface area (Å²) in [6.45, 7) is 6.09. The van der Waals surface area contributed by atoms with Gasteiger partial charge in [-0.25, -0.2) is 15.0 Å². The van der Waals surface area contributed by atoms with Gasteiger partial charge in [0.1, 0.15) is 5.01 Å². The van der Waals surface area contributed by atoms with Crippen LogP contribution in [0.5, 0.6) is 11.5 Å². The summed E-state index contributed by atoms with van der Waals surface area (Å²) in [6, 6.07) is 5.84. The number of aromatic nitrogens is 3. The standard InChI is InChI=1S/C19H21N3O2S2/c1-11-12(2)20-19(21-13(11)3)26-10-15-9-25-18(22-15)14-6-7-16(23-4)17(8-14)24-5/h6-9H,10H2,1-5H3. The molecule has 0 aliphatic carbocycles. The summed E-state index contributed by atoms with van der Waals surface area (Å²) in [5.74, 6) is 2.16. The van der Waals surface area contributed by atoms with E-state index in [0.717, 1.165) is 44.1 Å². The van der Waals surface area contributed by atoms with E-state index in [9.17, 15) is 0 Å². The molecule has 0 N–H and O–H groups in total. The Hall–Kier alpha value is -2.12. The number of thiazole rings is 1. The Balaban J connectivity index is 1.74. The molecule has 3 aromatic rings. The molecule has 0 saturated carbocycles. The first-order valence-electron chi connectivity index (χ1n) is 8.13. The van der Waals surface area contributed by atoms with Crippen molar-refractivity contribution in [1.82, 2.24) is 15.0 Å². The fourth-order valence-corrected chi connectivity index (χ4v) is 4.17. The lowest BCUT2D eigenvalue weighted by molar-refractivity contribution is 0.355. The molecule has 0 atom stereocenters. The first-order chi connectivity index (χ1) is 12.5. The summed E-state index contributed by atoms with van der Waals surface area (Å²) in [5, 5.41) is 3.83. The van der Waals surface area contributed by atoms with Crippen molar-refractivity contribution in [3.63, 3.8) is 0 Å². The van der Waals surface area contributed by atoms with E-state index in [0.29, 0.717) is 11.5 Å². The van der Waals surface area contributed by atoms with E-state index >= 15 is 0 Å². The number of ether oxygens (including phenoxy) is 2. The van der Waals surface area contributed by atoms with Gasteiger partial charge in [0.05, 0.1) is 19.9 Å². The fourth-order valence-electron chi connectivity index (χ4n) is 2.42. The number of aryl methyl sites for hydroxylation is 2. The molecule has 5 nitrogen and oxygen atoms in total. The highest BCUT2D eigenvalue weighted by atomic mass is 32.2. The molecule has 0 amide bonds. The van der Waals surface area contributed by atoms with E-state index in [2.05, 4.69) is 22.3 Å². The van der Waals surface area contributed by atoms with Crippen LogP contribution in [0.15, 0.2) is 28.7 Å². The molecule has 7 heteroatoms. The third-order valence-electron chi connectivity index (χ3n) is 4.14.